The molecule has 0 bridgehead atoms. The van der Waals surface area contributed by atoms with Crippen molar-refractivity contribution in [3.8, 4) is 0 Å². The van der Waals surface area contributed by atoms with Gasteiger partial charge in [-0.3, -0.25) is 0 Å². The molecule has 2 aromatic rings. The minimum atomic E-state index is -0.530. The van der Waals surface area contributed by atoms with Crippen molar-refractivity contribution >= 4 is 48.2 Å². The second-order valence-electron chi connectivity index (χ2n) is 4.62. The molecular formula is C11H17IN4OSi. The summed E-state index contributed by atoms with van der Waals surface area (Å²) in [5.41, 5.74) is 6.70. The minimum absolute atomic E-state index is 0.525. The molecule has 0 atom stereocenters. The molecule has 18 heavy (non-hydrogen) atoms. The molecule has 0 fully saturated rings. The minimum Gasteiger partial charge on any atom is -0.383 e. The summed E-state index contributed by atoms with van der Waals surface area (Å²) in [5, 5.41) is 0.917. The average Bonchev–Trinajstić information content (AvgIpc) is 2.63. The maximum atomic E-state index is 5.86. The molecule has 0 saturated heterocycles. The molecule has 0 amide bonds. The maximum absolute atomic E-state index is 5.86. The molecule has 0 aliphatic rings. The Kier molecular flexibility index (Phi) is 4.57. The lowest BCUT2D eigenvalue weighted by Gasteiger charge is -2.07. The number of rotatable bonds is 5. The van der Waals surface area contributed by atoms with Gasteiger partial charge >= 0.3 is 0 Å². The third-order valence-electron chi connectivity index (χ3n) is 2.71. The summed E-state index contributed by atoms with van der Waals surface area (Å²) in [6.07, 6.45) is 3.49. The lowest BCUT2D eigenvalue weighted by atomic mass is 10.4. The maximum Gasteiger partial charge on any atom is 0.148 e. The summed E-state index contributed by atoms with van der Waals surface area (Å²) >= 11 is 2.25. The van der Waals surface area contributed by atoms with E-state index in [1.807, 2.05) is 10.8 Å². The van der Waals surface area contributed by atoms with E-state index in [9.17, 15) is 0 Å². The van der Waals surface area contributed by atoms with Crippen LogP contribution in [0.4, 0.5) is 5.82 Å². The summed E-state index contributed by atoms with van der Waals surface area (Å²) < 4.78 is 8.73. The van der Waals surface area contributed by atoms with Crippen molar-refractivity contribution in [1.29, 1.82) is 0 Å². The highest BCUT2D eigenvalue weighted by Crippen LogP contribution is 2.24. The fourth-order valence-electron chi connectivity index (χ4n) is 1.68. The number of hydrogen-bond donors (Lipinski definition) is 1. The molecule has 98 valence electrons. The van der Waals surface area contributed by atoms with Gasteiger partial charge in [0.2, 0.25) is 0 Å². The largest absolute Gasteiger partial charge is 0.383 e. The number of fused-ring (bicyclic) bond motifs is 1. The molecular weight excluding hydrogens is 359 g/mol. The Hall–Kier alpha value is -0.673. The van der Waals surface area contributed by atoms with Gasteiger partial charge in [0, 0.05) is 25.2 Å². The Morgan fingerprint density at radius 3 is 2.94 bits per heavy atom. The van der Waals surface area contributed by atoms with Crippen molar-refractivity contribution in [1.82, 2.24) is 14.5 Å². The normalized spacial score (nSPS) is 11.6. The van der Waals surface area contributed by atoms with Crippen LogP contribution in [0.1, 0.15) is 0 Å². The average molecular weight is 376 g/mol. The molecule has 0 aliphatic heterocycles. The van der Waals surface area contributed by atoms with Gasteiger partial charge < -0.3 is 15.0 Å². The first-order valence-corrected chi connectivity index (χ1v) is 10.1. The SMILES string of the molecule is C[SiH](C)CCOCn1cc(I)c2c(N)ncnc21. The van der Waals surface area contributed by atoms with Crippen LogP contribution in [0, 0.1) is 3.57 Å². The smallest absolute Gasteiger partial charge is 0.148 e. The summed E-state index contributed by atoms with van der Waals surface area (Å²) in [4.78, 5) is 8.29. The first-order valence-electron chi connectivity index (χ1n) is 5.92. The van der Waals surface area contributed by atoms with E-state index in [1.165, 1.54) is 12.4 Å². The molecule has 5 nitrogen and oxygen atoms in total. The zero-order valence-electron chi connectivity index (χ0n) is 10.6. The van der Waals surface area contributed by atoms with Crippen LogP contribution in [0.15, 0.2) is 12.5 Å². The number of ether oxygens (including phenoxy) is 1. The predicted octanol–water partition coefficient (Wildman–Crippen LogP) is 2.08. The molecule has 2 aromatic heterocycles. The van der Waals surface area contributed by atoms with Crippen molar-refractivity contribution in [3.63, 3.8) is 0 Å². The van der Waals surface area contributed by atoms with E-state index >= 15 is 0 Å². The first kappa shape index (κ1) is 13.8. The van der Waals surface area contributed by atoms with E-state index in [4.69, 9.17) is 10.5 Å². The lowest BCUT2D eigenvalue weighted by molar-refractivity contribution is 0.0901. The van der Waals surface area contributed by atoms with Gasteiger partial charge in [-0.15, -0.1) is 0 Å². The Balaban J connectivity index is 2.12. The highest BCUT2D eigenvalue weighted by Gasteiger charge is 2.11. The summed E-state index contributed by atoms with van der Waals surface area (Å²) in [5.74, 6) is 0.526. The summed E-state index contributed by atoms with van der Waals surface area (Å²) in [7, 11) is -0.530. The molecule has 0 aliphatic carbocycles. The molecule has 2 N–H and O–H groups in total. The van der Waals surface area contributed by atoms with Crippen molar-refractivity contribution in [3.05, 3.63) is 16.1 Å². The Labute approximate surface area is 121 Å². The highest BCUT2D eigenvalue weighted by atomic mass is 127. The van der Waals surface area contributed by atoms with E-state index in [0.717, 1.165) is 21.2 Å². The lowest BCUT2D eigenvalue weighted by Crippen LogP contribution is -2.08. The van der Waals surface area contributed by atoms with Gasteiger partial charge in [0.15, 0.2) is 0 Å². The first-order chi connectivity index (χ1) is 8.59. The number of hydrogen-bond acceptors (Lipinski definition) is 4. The highest BCUT2D eigenvalue weighted by molar-refractivity contribution is 14.1. The number of nitrogen functional groups attached to an aromatic ring is 1. The second kappa shape index (κ2) is 5.98. The van der Waals surface area contributed by atoms with Crippen LogP contribution >= 0.6 is 22.6 Å². The number of anilines is 1. The van der Waals surface area contributed by atoms with Gasteiger partial charge in [0.25, 0.3) is 0 Å². The van der Waals surface area contributed by atoms with Crippen LogP contribution in [0.3, 0.4) is 0 Å². The monoisotopic (exact) mass is 376 g/mol. The molecule has 0 aromatic carbocycles. The van der Waals surface area contributed by atoms with E-state index in [2.05, 4.69) is 45.7 Å². The topological polar surface area (TPSA) is 66.0 Å². The van der Waals surface area contributed by atoms with E-state index in [1.54, 1.807) is 0 Å². The van der Waals surface area contributed by atoms with Crippen molar-refractivity contribution in [2.45, 2.75) is 25.9 Å². The molecule has 0 unspecified atom stereocenters. The Bertz CT molecular complexity index is 543. The standard InChI is InChI=1S/C11H17IN4OSi/c1-18(2)4-3-17-7-16-5-8(12)9-10(13)14-6-15-11(9)16/h5-6,18H,3-4,7H2,1-2H3,(H2,13,14,15). The van der Waals surface area contributed by atoms with E-state index in [-0.39, 0.29) is 0 Å². The van der Waals surface area contributed by atoms with Crippen LogP contribution in [0.2, 0.25) is 19.1 Å². The van der Waals surface area contributed by atoms with Gasteiger partial charge in [-0.2, -0.15) is 0 Å². The molecule has 7 heteroatoms. The summed E-state index contributed by atoms with van der Waals surface area (Å²) in [6.45, 7) is 5.99. The summed E-state index contributed by atoms with van der Waals surface area (Å²) in [6, 6.07) is 1.20. The van der Waals surface area contributed by atoms with Gasteiger partial charge in [0.1, 0.15) is 24.5 Å². The second-order valence-corrected chi connectivity index (χ2v) is 9.15. The van der Waals surface area contributed by atoms with Crippen LogP contribution in [-0.4, -0.2) is 29.9 Å². The van der Waals surface area contributed by atoms with Crippen molar-refractivity contribution in [2.75, 3.05) is 12.3 Å². The van der Waals surface area contributed by atoms with E-state index in [0.29, 0.717) is 12.5 Å². The molecule has 2 heterocycles. The van der Waals surface area contributed by atoms with Crippen LogP contribution in [0.5, 0.6) is 0 Å². The number of nitrogens with two attached hydrogens (primary N) is 1. The number of nitrogens with zero attached hydrogens (tertiary/aromatic N) is 3. The molecule has 2 rings (SSSR count). The quantitative estimate of drug-likeness (QED) is 0.493. The fourth-order valence-corrected chi connectivity index (χ4v) is 3.17. The molecule has 0 saturated carbocycles. The Morgan fingerprint density at radius 1 is 1.44 bits per heavy atom. The Morgan fingerprint density at radius 2 is 2.22 bits per heavy atom. The van der Waals surface area contributed by atoms with Crippen LogP contribution in [-0.2, 0) is 11.5 Å². The van der Waals surface area contributed by atoms with Crippen LogP contribution < -0.4 is 5.73 Å². The van der Waals surface area contributed by atoms with Crippen LogP contribution in [0.25, 0.3) is 11.0 Å². The van der Waals surface area contributed by atoms with Crippen molar-refractivity contribution < 1.29 is 4.74 Å². The zero-order chi connectivity index (χ0) is 13.1. The van der Waals surface area contributed by atoms with E-state index < -0.39 is 8.80 Å². The van der Waals surface area contributed by atoms with Crippen molar-refractivity contribution in [2.24, 2.45) is 0 Å². The molecule has 0 radical (unpaired) electrons. The number of halogens is 1. The van der Waals surface area contributed by atoms with Gasteiger partial charge in [-0.25, -0.2) is 9.97 Å². The van der Waals surface area contributed by atoms with Gasteiger partial charge in [-0.1, -0.05) is 13.1 Å². The molecule has 0 spiro atoms. The zero-order valence-corrected chi connectivity index (χ0v) is 13.9. The third kappa shape index (κ3) is 3.01. The fraction of sp³-hybridized carbons (Fsp3) is 0.455. The van der Waals surface area contributed by atoms with Gasteiger partial charge in [0.05, 0.1) is 5.39 Å². The third-order valence-corrected chi connectivity index (χ3v) is 4.91. The van der Waals surface area contributed by atoms with Gasteiger partial charge in [-0.05, 0) is 28.6 Å². The predicted molar refractivity (Wildman–Crippen MR) is 84.3 cm³/mol. The number of aromatic nitrogens is 3.